The van der Waals surface area contributed by atoms with Crippen LogP contribution in [0.4, 0.5) is 0 Å². The van der Waals surface area contributed by atoms with E-state index in [-0.39, 0.29) is 17.3 Å². The summed E-state index contributed by atoms with van der Waals surface area (Å²) in [6, 6.07) is 7.94. The highest BCUT2D eigenvalue weighted by Crippen LogP contribution is 2.30. The third kappa shape index (κ3) is 5.57. The van der Waals surface area contributed by atoms with E-state index in [2.05, 4.69) is 60.9 Å². The Bertz CT molecular complexity index is 796. The summed E-state index contributed by atoms with van der Waals surface area (Å²) < 4.78 is 0. The molecule has 0 radical (unpaired) electrons. The average molecular weight is 372 g/mol. The van der Waals surface area contributed by atoms with Crippen LogP contribution in [0.15, 0.2) is 29.3 Å². The Kier molecular flexibility index (Phi) is 7.02. The number of aromatic amines is 1. The lowest BCUT2D eigenvalue weighted by Gasteiger charge is -2.19. The maximum absolute atomic E-state index is 12.5. The number of amides is 1. The number of carbonyl (C=O) groups is 1. The van der Waals surface area contributed by atoms with Crippen LogP contribution in [0.1, 0.15) is 57.1 Å². The Hall–Kier alpha value is -2.34. The van der Waals surface area contributed by atoms with Gasteiger partial charge in [-0.05, 0) is 49.2 Å². The number of aliphatic imine (C=N–C) groups is 1. The highest BCUT2D eigenvalue weighted by molar-refractivity contribution is 6.04. The third-order valence-corrected chi connectivity index (χ3v) is 4.78. The van der Waals surface area contributed by atoms with Gasteiger partial charge < -0.3 is 20.9 Å². The van der Waals surface area contributed by atoms with Crippen molar-refractivity contribution in [2.45, 2.75) is 46.5 Å². The number of benzene rings is 1. The Morgan fingerprint density at radius 2 is 1.96 bits per heavy atom. The minimum atomic E-state index is -0.361. The van der Waals surface area contributed by atoms with Crippen LogP contribution in [-0.2, 0) is 5.41 Å². The standard InChI is InChI=1S/C21H33N5O/c1-6-26(7-2)13-9-12-23-20(22)25-19(27)18-14-15-16(21(3,4)5)10-8-11-17(15)24-18/h8,10-11,14,24H,6-7,9,12-13H2,1-5H3,(H3,22,23,25,27). The first-order chi connectivity index (χ1) is 12.8. The van der Waals surface area contributed by atoms with E-state index in [1.807, 2.05) is 18.2 Å². The van der Waals surface area contributed by atoms with Gasteiger partial charge >= 0.3 is 0 Å². The van der Waals surface area contributed by atoms with Gasteiger partial charge in [0.1, 0.15) is 5.69 Å². The minimum absolute atomic E-state index is 0.00324. The zero-order chi connectivity index (χ0) is 20.0. The summed E-state index contributed by atoms with van der Waals surface area (Å²) >= 11 is 0. The van der Waals surface area contributed by atoms with Gasteiger partial charge in [-0.15, -0.1) is 0 Å². The number of aromatic nitrogens is 1. The van der Waals surface area contributed by atoms with Gasteiger partial charge in [-0.2, -0.15) is 4.99 Å². The quantitative estimate of drug-likeness (QED) is 0.396. The van der Waals surface area contributed by atoms with Gasteiger partial charge in [-0.3, -0.25) is 4.79 Å². The zero-order valence-electron chi connectivity index (χ0n) is 17.2. The largest absolute Gasteiger partial charge is 0.370 e. The molecule has 2 rings (SSSR count). The van der Waals surface area contributed by atoms with E-state index in [9.17, 15) is 4.79 Å². The first kappa shape index (κ1) is 21.0. The molecule has 0 aliphatic carbocycles. The number of carbonyl (C=O) groups excluding carboxylic acids is 1. The summed E-state index contributed by atoms with van der Waals surface area (Å²) in [5.41, 5.74) is 8.46. The maximum Gasteiger partial charge on any atom is 0.296 e. The molecule has 1 aromatic heterocycles. The molecule has 148 valence electrons. The molecule has 1 heterocycles. The van der Waals surface area contributed by atoms with Crippen LogP contribution >= 0.6 is 0 Å². The van der Waals surface area contributed by atoms with Crippen molar-refractivity contribution in [3.63, 3.8) is 0 Å². The SMILES string of the molecule is CCN(CC)CCCNC(N)=NC(=O)c1cc2c(C(C)(C)C)cccc2[nH]1. The van der Waals surface area contributed by atoms with Crippen LogP contribution in [0.2, 0.25) is 0 Å². The molecule has 0 saturated heterocycles. The molecule has 4 N–H and O–H groups in total. The topological polar surface area (TPSA) is 86.5 Å². The summed E-state index contributed by atoms with van der Waals surface area (Å²) in [4.78, 5) is 22.0. The first-order valence-electron chi connectivity index (χ1n) is 9.73. The van der Waals surface area contributed by atoms with Crippen LogP contribution in [-0.4, -0.2) is 47.9 Å². The second-order valence-corrected chi connectivity index (χ2v) is 7.81. The number of fused-ring (bicyclic) bond motifs is 1. The highest BCUT2D eigenvalue weighted by Gasteiger charge is 2.19. The molecule has 6 nitrogen and oxygen atoms in total. The van der Waals surface area contributed by atoms with Crippen molar-refractivity contribution in [3.05, 3.63) is 35.5 Å². The van der Waals surface area contributed by atoms with Crippen molar-refractivity contribution in [3.8, 4) is 0 Å². The highest BCUT2D eigenvalue weighted by atomic mass is 16.1. The number of nitrogens with one attached hydrogen (secondary N) is 2. The Labute approximate surface area is 162 Å². The van der Waals surface area contributed by atoms with E-state index in [1.165, 1.54) is 5.56 Å². The van der Waals surface area contributed by atoms with Crippen molar-refractivity contribution >= 4 is 22.8 Å². The minimum Gasteiger partial charge on any atom is -0.370 e. The van der Waals surface area contributed by atoms with E-state index in [1.54, 1.807) is 0 Å². The van der Waals surface area contributed by atoms with E-state index < -0.39 is 0 Å². The first-order valence-corrected chi connectivity index (χ1v) is 9.73. The monoisotopic (exact) mass is 371 g/mol. The second-order valence-electron chi connectivity index (χ2n) is 7.81. The smallest absolute Gasteiger partial charge is 0.296 e. The van der Waals surface area contributed by atoms with Gasteiger partial charge in [0.25, 0.3) is 5.91 Å². The lowest BCUT2D eigenvalue weighted by molar-refractivity contribution is 0.0998. The molecule has 0 unspecified atom stereocenters. The second kappa shape index (κ2) is 9.04. The van der Waals surface area contributed by atoms with Crippen LogP contribution < -0.4 is 11.1 Å². The molecule has 6 heteroatoms. The van der Waals surface area contributed by atoms with Crippen LogP contribution in [0.25, 0.3) is 10.9 Å². The van der Waals surface area contributed by atoms with Gasteiger partial charge in [0.2, 0.25) is 0 Å². The predicted molar refractivity (Wildman–Crippen MR) is 113 cm³/mol. The lowest BCUT2D eigenvalue weighted by Crippen LogP contribution is -2.35. The van der Waals surface area contributed by atoms with Crippen molar-refractivity contribution in [1.82, 2.24) is 15.2 Å². The van der Waals surface area contributed by atoms with Crippen LogP contribution in [0, 0.1) is 0 Å². The third-order valence-electron chi connectivity index (χ3n) is 4.78. The summed E-state index contributed by atoms with van der Waals surface area (Å²) in [7, 11) is 0. The summed E-state index contributed by atoms with van der Waals surface area (Å²) in [6.07, 6.45) is 0.952. The molecule has 0 bridgehead atoms. The molecule has 0 aliphatic rings. The molecular formula is C21H33N5O. The number of hydrogen-bond acceptors (Lipinski definition) is 2. The number of nitrogens with zero attached hydrogens (tertiary/aromatic N) is 2. The normalized spacial score (nSPS) is 12.7. The van der Waals surface area contributed by atoms with Gasteiger partial charge in [-0.1, -0.05) is 46.8 Å². The number of hydrogen-bond donors (Lipinski definition) is 3. The Morgan fingerprint density at radius 3 is 2.59 bits per heavy atom. The number of rotatable bonds is 7. The molecule has 0 aliphatic heterocycles. The molecular weight excluding hydrogens is 338 g/mol. The van der Waals surface area contributed by atoms with Crippen molar-refractivity contribution < 1.29 is 4.79 Å². The van der Waals surface area contributed by atoms with Crippen molar-refractivity contribution in [2.75, 3.05) is 26.2 Å². The molecule has 1 amide bonds. The summed E-state index contributed by atoms with van der Waals surface area (Å²) in [6.45, 7) is 14.6. The van der Waals surface area contributed by atoms with Gasteiger partial charge in [0.05, 0.1) is 0 Å². The summed E-state index contributed by atoms with van der Waals surface area (Å²) in [5.74, 6) is -0.200. The van der Waals surface area contributed by atoms with Gasteiger partial charge in [-0.25, -0.2) is 0 Å². The summed E-state index contributed by atoms with van der Waals surface area (Å²) in [5, 5.41) is 4.07. The molecule has 27 heavy (non-hydrogen) atoms. The van der Waals surface area contributed by atoms with Gasteiger partial charge in [0.15, 0.2) is 5.96 Å². The number of H-pyrrole nitrogens is 1. The number of guanidine groups is 1. The fourth-order valence-electron chi connectivity index (χ4n) is 3.19. The van der Waals surface area contributed by atoms with E-state index >= 15 is 0 Å². The predicted octanol–water partition coefficient (Wildman–Crippen LogP) is 3.24. The van der Waals surface area contributed by atoms with Crippen molar-refractivity contribution in [2.24, 2.45) is 10.7 Å². The fraction of sp³-hybridized carbons (Fsp3) is 0.524. The van der Waals surface area contributed by atoms with E-state index in [0.29, 0.717) is 12.2 Å². The van der Waals surface area contributed by atoms with Gasteiger partial charge in [0, 0.05) is 17.4 Å². The Morgan fingerprint density at radius 1 is 1.26 bits per heavy atom. The Balaban J connectivity index is 2.04. The van der Waals surface area contributed by atoms with E-state index in [0.717, 1.165) is 37.0 Å². The maximum atomic E-state index is 12.5. The molecule has 0 saturated carbocycles. The van der Waals surface area contributed by atoms with E-state index in [4.69, 9.17) is 5.73 Å². The molecule has 0 spiro atoms. The molecule has 1 aromatic carbocycles. The van der Waals surface area contributed by atoms with Crippen LogP contribution in [0.5, 0.6) is 0 Å². The average Bonchev–Trinajstić information content (AvgIpc) is 3.05. The molecule has 0 atom stereocenters. The zero-order valence-corrected chi connectivity index (χ0v) is 17.2. The lowest BCUT2D eigenvalue weighted by atomic mass is 9.85. The molecule has 0 fully saturated rings. The van der Waals surface area contributed by atoms with Crippen LogP contribution in [0.3, 0.4) is 0 Å². The molecule has 2 aromatic rings. The number of nitrogens with two attached hydrogens (primary N) is 1. The fourth-order valence-corrected chi connectivity index (χ4v) is 3.19. The van der Waals surface area contributed by atoms with Crippen molar-refractivity contribution in [1.29, 1.82) is 0 Å².